The molecule has 8 atom stereocenters. The van der Waals surface area contributed by atoms with Crippen LogP contribution in [-0.4, -0.2) is 16.0 Å². The predicted octanol–water partition coefficient (Wildman–Crippen LogP) is 5.15. The molecule has 2 heteroatoms. The van der Waals surface area contributed by atoms with Crippen LogP contribution in [0.4, 0.5) is 0 Å². The molecule has 0 aromatic carbocycles. The average Bonchev–Trinajstić information content (AvgIpc) is 2.83. The molecule has 0 bridgehead atoms. The summed E-state index contributed by atoms with van der Waals surface area (Å²) >= 11 is 4.06. The van der Waals surface area contributed by atoms with E-state index in [1.54, 1.807) is 0 Å². The molecular weight excluding hydrogens is 324 g/mol. The van der Waals surface area contributed by atoms with Crippen LogP contribution in [0, 0.1) is 34.5 Å². The average molecular weight is 355 g/mol. The van der Waals surface area contributed by atoms with Gasteiger partial charge in [0.1, 0.15) is 0 Å². The molecule has 0 saturated heterocycles. The van der Waals surface area contributed by atoms with Crippen molar-refractivity contribution in [3.05, 3.63) is 0 Å². The Morgan fingerprint density at radius 1 is 0.905 bits per heavy atom. The minimum Gasteiger partial charge on any atom is -0.393 e. The summed E-state index contributed by atoms with van der Waals surface area (Å²) in [6.07, 6.45) is 12.0. The number of aliphatic hydroxyl groups is 1. The quantitative estimate of drug-likeness (QED) is 0.596. The maximum Gasteiger partial charge on any atom is 0.0543 e. The number of aliphatic hydroxyl groups excluding tert-OH is 1. The second-order valence-corrected chi connectivity index (χ2v) is 10.4. The van der Waals surface area contributed by atoms with Crippen molar-refractivity contribution in [2.45, 2.75) is 82.6 Å². The lowest BCUT2D eigenvalue weighted by atomic mass is 9.45. The van der Waals surface area contributed by atoms with Gasteiger partial charge in [0.05, 0.1) is 6.10 Å². The molecule has 0 aromatic heterocycles. The molecule has 4 aliphatic rings. The molecule has 4 aliphatic carbocycles. The maximum atomic E-state index is 10.1. The molecule has 0 radical (unpaired) electrons. The SMILES string of the molecule is C[C@@]12CCC[C@H]1[C@@H]1CC(Br)C3CC(O)CC[C@]3(C)[C@H]1CC2. The van der Waals surface area contributed by atoms with Crippen LogP contribution in [0.5, 0.6) is 0 Å². The van der Waals surface area contributed by atoms with Crippen LogP contribution in [0.1, 0.15) is 71.6 Å². The van der Waals surface area contributed by atoms with E-state index in [-0.39, 0.29) is 6.10 Å². The zero-order chi connectivity index (χ0) is 14.8. The molecule has 0 aromatic rings. The van der Waals surface area contributed by atoms with Gasteiger partial charge in [0.2, 0.25) is 0 Å². The first-order chi connectivity index (χ1) is 9.94. The molecule has 3 unspecified atom stereocenters. The van der Waals surface area contributed by atoms with Crippen LogP contribution in [0.15, 0.2) is 0 Å². The van der Waals surface area contributed by atoms with Crippen LogP contribution in [0.25, 0.3) is 0 Å². The molecule has 120 valence electrons. The Morgan fingerprint density at radius 2 is 1.71 bits per heavy atom. The first-order valence-corrected chi connectivity index (χ1v) is 10.2. The van der Waals surface area contributed by atoms with E-state index in [4.69, 9.17) is 0 Å². The molecule has 1 nitrogen and oxygen atoms in total. The molecule has 0 aliphatic heterocycles. The van der Waals surface area contributed by atoms with E-state index in [0.29, 0.717) is 21.6 Å². The van der Waals surface area contributed by atoms with Gasteiger partial charge < -0.3 is 5.11 Å². The van der Waals surface area contributed by atoms with Crippen LogP contribution >= 0.6 is 15.9 Å². The first kappa shape index (κ1) is 15.0. The van der Waals surface area contributed by atoms with Crippen molar-refractivity contribution in [2.75, 3.05) is 0 Å². The summed E-state index contributed by atoms with van der Waals surface area (Å²) in [5.74, 6) is 3.57. The molecule has 0 heterocycles. The molecule has 4 rings (SSSR count). The van der Waals surface area contributed by atoms with Crippen LogP contribution < -0.4 is 0 Å². The lowest BCUT2D eigenvalue weighted by Crippen LogP contribution is -2.56. The van der Waals surface area contributed by atoms with E-state index in [1.807, 2.05) is 0 Å². The third kappa shape index (κ3) is 2.11. The molecule has 0 amide bonds. The van der Waals surface area contributed by atoms with Gasteiger partial charge in [-0.2, -0.15) is 0 Å². The fourth-order valence-electron chi connectivity index (χ4n) is 7.22. The number of hydrogen-bond donors (Lipinski definition) is 1. The number of hydrogen-bond acceptors (Lipinski definition) is 1. The normalized spacial score (nSPS) is 60.0. The molecule has 0 spiro atoms. The topological polar surface area (TPSA) is 20.2 Å². The minimum atomic E-state index is -0.0417. The molecule has 4 fully saturated rings. The van der Waals surface area contributed by atoms with Crippen LogP contribution in [0.2, 0.25) is 0 Å². The van der Waals surface area contributed by atoms with Gasteiger partial charge in [0.25, 0.3) is 0 Å². The molecule has 21 heavy (non-hydrogen) atoms. The van der Waals surface area contributed by atoms with Gasteiger partial charge in [-0.25, -0.2) is 0 Å². The smallest absolute Gasteiger partial charge is 0.0543 e. The Labute approximate surface area is 138 Å². The number of halogens is 1. The van der Waals surface area contributed by atoms with E-state index in [0.717, 1.165) is 30.6 Å². The summed E-state index contributed by atoms with van der Waals surface area (Å²) in [7, 11) is 0. The number of alkyl halides is 1. The lowest BCUT2D eigenvalue weighted by Gasteiger charge is -2.61. The molecular formula is C19H31BrO. The van der Waals surface area contributed by atoms with Crippen molar-refractivity contribution < 1.29 is 5.11 Å². The highest BCUT2D eigenvalue weighted by atomic mass is 79.9. The highest BCUT2D eigenvalue weighted by Crippen LogP contribution is 2.66. The molecule has 1 N–H and O–H groups in total. The van der Waals surface area contributed by atoms with E-state index in [2.05, 4.69) is 29.8 Å². The molecule has 4 saturated carbocycles. The van der Waals surface area contributed by atoms with Crippen molar-refractivity contribution in [2.24, 2.45) is 34.5 Å². The van der Waals surface area contributed by atoms with Crippen molar-refractivity contribution in [3.8, 4) is 0 Å². The summed E-state index contributed by atoms with van der Waals surface area (Å²) in [6, 6.07) is 0. The monoisotopic (exact) mass is 354 g/mol. The van der Waals surface area contributed by atoms with Crippen LogP contribution in [-0.2, 0) is 0 Å². The Kier molecular flexibility index (Phi) is 3.55. The zero-order valence-corrected chi connectivity index (χ0v) is 15.2. The summed E-state index contributed by atoms with van der Waals surface area (Å²) in [5, 5.41) is 10.1. The summed E-state index contributed by atoms with van der Waals surface area (Å²) in [5.41, 5.74) is 1.14. The van der Waals surface area contributed by atoms with Gasteiger partial charge in [-0.05, 0) is 85.9 Å². The standard InChI is InChI=1S/C19H31BrO/c1-18-7-3-4-14(18)13-11-17(20)16-10-12(21)5-9-19(16,2)15(13)6-8-18/h12-17,21H,3-11H2,1-2H3/t12?,13-,14-,15-,16?,17?,18-,19+/m0/s1. The number of fused-ring (bicyclic) bond motifs is 5. The summed E-state index contributed by atoms with van der Waals surface area (Å²) in [4.78, 5) is 0.640. The van der Waals surface area contributed by atoms with Gasteiger partial charge >= 0.3 is 0 Å². The Hall–Kier alpha value is 0.440. The van der Waals surface area contributed by atoms with Gasteiger partial charge in [0.15, 0.2) is 0 Å². The van der Waals surface area contributed by atoms with E-state index in [1.165, 1.54) is 44.9 Å². The maximum absolute atomic E-state index is 10.1. The Bertz CT molecular complexity index is 424. The van der Waals surface area contributed by atoms with Crippen molar-refractivity contribution in [1.82, 2.24) is 0 Å². The van der Waals surface area contributed by atoms with Crippen molar-refractivity contribution >= 4 is 15.9 Å². The largest absolute Gasteiger partial charge is 0.393 e. The van der Waals surface area contributed by atoms with E-state index >= 15 is 0 Å². The van der Waals surface area contributed by atoms with Crippen molar-refractivity contribution in [1.29, 1.82) is 0 Å². The predicted molar refractivity (Wildman–Crippen MR) is 90.4 cm³/mol. The Morgan fingerprint density at radius 3 is 2.52 bits per heavy atom. The highest BCUT2D eigenvalue weighted by molar-refractivity contribution is 9.09. The highest BCUT2D eigenvalue weighted by Gasteiger charge is 2.59. The first-order valence-electron chi connectivity index (χ1n) is 9.26. The van der Waals surface area contributed by atoms with Gasteiger partial charge in [-0.15, -0.1) is 0 Å². The van der Waals surface area contributed by atoms with Gasteiger partial charge in [-0.1, -0.05) is 36.2 Å². The third-order valence-corrected chi connectivity index (χ3v) is 9.40. The fourth-order valence-corrected chi connectivity index (χ4v) is 8.47. The van der Waals surface area contributed by atoms with Crippen LogP contribution in [0.3, 0.4) is 0 Å². The number of rotatable bonds is 0. The fraction of sp³-hybridized carbons (Fsp3) is 1.00. The summed E-state index contributed by atoms with van der Waals surface area (Å²) < 4.78 is 0. The second kappa shape index (κ2) is 4.97. The third-order valence-electron chi connectivity index (χ3n) is 8.39. The van der Waals surface area contributed by atoms with E-state index < -0.39 is 0 Å². The van der Waals surface area contributed by atoms with Gasteiger partial charge in [0, 0.05) is 4.83 Å². The summed E-state index contributed by atoms with van der Waals surface area (Å²) in [6.45, 7) is 5.16. The van der Waals surface area contributed by atoms with Crippen molar-refractivity contribution in [3.63, 3.8) is 0 Å². The van der Waals surface area contributed by atoms with Gasteiger partial charge in [-0.3, -0.25) is 0 Å². The Balaban J connectivity index is 1.66. The second-order valence-electron chi connectivity index (χ2n) is 9.25. The lowest BCUT2D eigenvalue weighted by molar-refractivity contribution is -0.116. The zero-order valence-electron chi connectivity index (χ0n) is 13.7. The minimum absolute atomic E-state index is 0.0417. The van der Waals surface area contributed by atoms with E-state index in [9.17, 15) is 5.11 Å².